The normalized spacial score (nSPS) is 12.5. The first kappa shape index (κ1) is 11.9. The highest BCUT2D eigenvalue weighted by molar-refractivity contribution is 5.75. The molecule has 0 aromatic rings. The van der Waals surface area contributed by atoms with Gasteiger partial charge in [0.15, 0.2) is 5.96 Å². The molecule has 1 unspecified atom stereocenters. The molecule has 13 heavy (non-hydrogen) atoms. The van der Waals surface area contributed by atoms with E-state index in [1.807, 2.05) is 13.8 Å². The summed E-state index contributed by atoms with van der Waals surface area (Å²) in [7, 11) is 0. The molecule has 76 valence electrons. The first-order chi connectivity index (χ1) is 6.07. The van der Waals surface area contributed by atoms with Crippen molar-refractivity contribution in [1.82, 2.24) is 0 Å². The molecule has 0 saturated carbocycles. The van der Waals surface area contributed by atoms with Gasteiger partial charge in [-0.05, 0) is 18.8 Å². The zero-order valence-electron chi connectivity index (χ0n) is 8.36. The Labute approximate surface area is 79.4 Å². The second-order valence-electron chi connectivity index (χ2n) is 3.49. The van der Waals surface area contributed by atoms with Crippen LogP contribution in [0.3, 0.4) is 0 Å². The molecule has 0 aliphatic carbocycles. The zero-order valence-corrected chi connectivity index (χ0v) is 8.36. The standard InChI is InChI=1S/C9H19N3O/c1-7(2)8(6-13)4-3-5-12-9(10)11/h6-8H,3-5H2,1-2H3,(H4,10,11,12). The number of hydrogen-bond donors (Lipinski definition) is 2. The van der Waals surface area contributed by atoms with Crippen molar-refractivity contribution in [3.8, 4) is 0 Å². The molecule has 4 N–H and O–H groups in total. The van der Waals surface area contributed by atoms with Crippen LogP contribution in [0.25, 0.3) is 0 Å². The van der Waals surface area contributed by atoms with E-state index in [1.165, 1.54) is 0 Å². The summed E-state index contributed by atoms with van der Waals surface area (Å²) < 4.78 is 0. The fraction of sp³-hybridized carbons (Fsp3) is 0.778. The SMILES string of the molecule is CC(C)C(C=O)CCCN=C(N)N. The molecular formula is C9H19N3O. The van der Waals surface area contributed by atoms with Crippen LogP contribution >= 0.6 is 0 Å². The molecule has 0 aromatic carbocycles. The lowest BCUT2D eigenvalue weighted by Gasteiger charge is -2.12. The van der Waals surface area contributed by atoms with Crippen LogP contribution in [0, 0.1) is 11.8 Å². The second kappa shape index (κ2) is 6.46. The lowest BCUT2D eigenvalue weighted by Crippen LogP contribution is -2.23. The van der Waals surface area contributed by atoms with Crippen molar-refractivity contribution >= 4 is 12.2 Å². The lowest BCUT2D eigenvalue weighted by molar-refractivity contribution is -0.112. The monoisotopic (exact) mass is 185 g/mol. The van der Waals surface area contributed by atoms with E-state index in [4.69, 9.17) is 11.5 Å². The number of carbonyl (C=O) groups excluding carboxylic acids is 1. The third kappa shape index (κ3) is 6.13. The Morgan fingerprint density at radius 2 is 2.08 bits per heavy atom. The molecule has 0 fully saturated rings. The van der Waals surface area contributed by atoms with Gasteiger partial charge in [0.2, 0.25) is 0 Å². The molecule has 0 saturated heterocycles. The van der Waals surface area contributed by atoms with Crippen LogP contribution in [0.15, 0.2) is 4.99 Å². The minimum absolute atomic E-state index is 0.118. The lowest BCUT2D eigenvalue weighted by atomic mass is 9.93. The Morgan fingerprint density at radius 1 is 1.46 bits per heavy atom. The van der Waals surface area contributed by atoms with Gasteiger partial charge in [-0.25, -0.2) is 0 Å². The van der Waals surface area contributed by atoms with E-state index in [2.05, 4.69) is 4.99 Å². The van der Waals surface area contributed by atoms with Gasteiger partial charge < -0.3 is 16.3 Å². The van der Waals surface area contributed by atoms with Gasteiger partial charge in [-0.3, -0.25) is 4.99 Å². The third-order valence-corrected chi connectivity index (χ3v) is 2.02. The molecule has 0 aliphatic rings. The van der Waals surface area contributed by atoms with Gasteiger partial charge in [0.05, 0.1) is 0 Å². The summed E-state index contributed by atoms with van der Waals surface area (Å²) >= 11 is 0. The van der Waals surface area contributed by atoms with Crippen molar-refractivity contribution in [1.29, 1.82) is 0 Å². The molecule has 0 aromatic heterocycles. The highest BCUT2D eigenvalue weighted by Gasteiger charge is 2.10. The molecule has 4 nitrogen and oxygen atoms in total. The van der Waals surface area contributed by atoms with E-state index in [0.29, 0.717) is 12.5 Å². The maximum atomic E-state index is 10.6. The predicted octanol–water partition coefficient (Wildman–Crippen LogP) is 0.511. The average molecular weight is 185 g/mol. The quantitative estimate of drug-likeness (QED) is 0.274. The van der Waals surface area contributed by atoms with Crippen LogP contribution < -0.4 is 11.5 Å². The number of aldehydes is 1. The minimum Gasteiger partial charge on any atom is -0.370 e. The Balaban J connectivity index is 3.62. The third-order valence-electron chi connectivity index (χ3n) is 2.02. The Hall–Kier alpha value is -1.06. The summed E-state index contributed by atoms with van der Waals surface area (Å²) in [6.07, 6.45) is 2.73. The average Bonchev–Trinajstić information content (AvgIpc) is 2.03. The van der Waals surface area contributed by atoms with E-state index >= 15 is 0 Å². The zero-order chi connectivity index (χ0) is 10.3. The highest BCUT2D eigenvalue weighted by atomic mass is 16.1. The van der Waals surface area contributed by atoms with Gasteiger partial charge in [-0.15, -0.1) is 0 Å². The molecular weight excluding hydrogens is 166 g/mol. The second-order valence-corrected chi connectivity index (χ2v) is 3.49. The molecule has 4 heteroatoms. The van der Waals surface area contributed by atoms with E-state index in [-0.39, 0.29) is 11.9 Å². The van der Waals surface area contributed by atoms with E-state index in [1.54, 1.807) is 0 Å². The van der Waals surface area contributed by atoms with Crippen molar-refractivity contribution < 1.29 is 4.79 Å². The molecule has 0 rings (SSSR count). The summed E-state index contributed by atoms with van der Waals surface area (Å²) in [5.74, 6) is 0.651. The van der Waals surface area contributed by atoms with Gasteiger partial charge in [-0.1, -0.05) is 13.8 Å². The van der Waals surface area contributed by atoms with Crippen LogP contribution in [0.5, 0.6) is 0 Å². The maximum Gasteiger partial charge on any atom is 0.185 e. The van der Waals surface area contributed by atoms with Crippen molar-refractivity contribution in [3.05, 3.63) is 0 Å². The summed E-state index contributed by atoms with van der Waals surface area (Å²) in [5.41, 5.74) is 10.3. The Kier molecular flexibility index (Phi) is 5.93. The number of nitrogens with two attached hydrogens (primary N) is 2. The maximum absolute atomic E-state index is 10.6. The number of hydrogen-bond acceptors (Lipinski definition) is 2. The van der Waals surface area contributed by atoms with E-state index < -0.39 is 0 Å². The van der Waals surface area contributed by atoms with Crippen LogP contribution in [0.1, 0.15) is 26.7 Å². The molecule has 0 bridgehead atoms. The van der Waals surface area contributed by atoms with Gasteiger partial charge >= 0.3 is 0 Å². The molecule has 0 heterocycles. The number of rotatable bonds is 6. The highest BCUT2D eigenvalue weighted by Crippen LogP contribution is 2.14. The molecule has 0 amide bonds. The van der Waals surface area contributed by atoms with Crippen molar-refractivity contribution in [3.63, 3.8) is 0 Å². The molecule has 0 radical (unpaired) electrons. The van der Waals surface area contributed by atoms with Crippen LogP contribution in [0.4, 0.5) is 0 Å². The Bertz CT molecular complexity index is 174. The van der Waals surface area contributed by atoms with Gasteiger partial charge in [-0.2, -0.15) is 0 Å². The summed E-state index contributed by atoms with van der Waals surface area (Å²) in [4.78, 5) is 14.4. The molecule has 0 aliphatic heterocycles. The predicted molar refractivity (Wildman–Crippen MR) is 54.3 cm³/mol. The van der Waals surface area contributed by atoms with Crippen molar-refractivity contribution in [2.24, 2.45) is 28.3 Å². The van der Waals surface area contributed by atoms with Gasteiger partial charge in [0, 0.05) is 12.5 Å². The largest absolute Gasteiger partial charge is 0.370 e. The van der Waals surface area contributed by atoms with Crippen LogP contribution in [0.2, 0.25) is 0 Å². The topological polar surface area (TPSA) is 81.5 Å². The summed E-state index contributed by atoms with van der Waals surface area (Å²) in [6.45, 7) is 4.69. The fourth-order valence-electron chi connectivity index (χ4n) is 1.09. The number of guanidine groups is 1. The van der Waals surface area contributed by atoms with Gasteiger partial charge in [0.25, 0.3) is 0 Å². The van der Waals surface area contributed by atoms with Gasteiger partial charge in [0.1, 0.15) is 6.29 Å². The van der Waals surface area contributed by atoms with Crippen molar-refractivity contribution in [2.45, 2.75) is 26.7 Å². The number of carbonyl (C=O) groups is 1. The Morgan fingerprint density at radius 3 is 2.46 bits per heavy atom. The first-order valence-corrected chi connectivity index (χ1v) is 4.58. The van der Waals surface area contributed by atoms with Crippen molar-refractivity contribution in [2.75, 3.05) is 6.54 Å². The summed E-state index contributed by atoms with van der Waals surface area (Å²) in [6, 6.07) is 0. The van der Waals surface area contributed by atoms with Crippen LogP contribution in [-0.2, 0) is 4.79 Å². The van der Waals surface area contributed by atoms with E-state index in [9.17, 15) is 4.79 Å². The summed E-state index contributed by atoms with van der Waals surface area (Å²) in [5, 5.41) is 0. The first-order valence-electron chi connectivity index (χ1n) is 4.58. The number of nitrogens with zero attached hydrogens (tertiary/aromatic N) is 1. The smallest absolute Gasteiger partial charge is 0.185 e. The molecule has 0 spiro atoms. The molecule has 1 atom stereocenters. The van der Waals surface area contributed by atoms with E-state index in [0.717, 1.165) is 19.1 Å². The minimum atomic E-state index is 0.118. The number of aliphatic imine (C=N–C) groups is 1. The fourth-order valence-corrected chi connectivity index (χ4v) is 1.09. The van der Waals surface area contributed by atoms with Crippen LogP contribution in [-0.4, -0.2) is 18.8 Å².